The number of carbonyl (C=O) groups excluding carboxylic acids is 3. The number of benzene rings is 3. The summed E-state index contributed by atoms with van der Waals surface area (Å²) in [5.41, 5.74) is 4.50. The second-order valence-corrected chi connectivity index (χ2v) is 10.1. The van der Waals surface area contributed by atoms with Gasteiger partial charge in [0, 0.05) is 21.5 Å². The number of ether oxygens (including phenoxy) is 1. The highest BCUT2D eigenvalue weighted by Crippen LogP contribution is 2.44. The number of hydrogen-bond acceptors (Lipinski definition) is 5. The average molecular weight is 547 g/mol. The summed E-state index contributed by atoms with van der Waals surface area (Å²) in [7, 11) is 0. The van der Waals surface area contributed by atoms with Crippen LogP contribution < -0.4 is 0 Å². The molecule has 5 rings (SSSR count). The van der Waals surface area contributed by atoms with E-state index >= 15 is 0 Å². The molecule has 2 atom stereocenters. The zero-order valence-electron chi connectivity index (χ0n) is 20.3. The lowest BCUT2D eigenvalue weighted by molar-refractivity contribution is -0.137. The van der Waals surface area contributed by atoms with E-state index in [1.807, 2.05) is 36.4 Å². The van der Waals surface area contributed by atoms with Crippen molar-refractivity contribution in [2.75, 3.05) is 6.61 Å². The molecule has 1 saturated carbocycles. The summed E-state index contributed by atoms with van der Waals surface area (Å²) in [6.45, 7) is -0.463. The molecule has 1 heterocycles. The molecule has 0 aromatic heterocycles. The summed E-state index contributed by atoms with van der Waals surface area (Å²) in [6, 6.07) is 20.7. The van der Waals surface area contributed by atoms with E-state index in [1.54, 1.807) is 12.1 Å². The van der Waals surface area contributed by atoms with Crippen LogP contribution in [0.4, 0.5) is 0 Å². The third-order valence-electron chi connectivity index (χ3n) is 6.77. The maximum atomic E-state index is 13.4. The number of rotatable bonds is 6. The zero-order valence-corrected chi connectivity index (χ0v) is 21.9. The molecule has 1 amide bonds. The maximum absolute atomic E-state index is 13.4. The van der Waals surface area contributed by atoms with Crippen molar-refractivity contribution in [3.8, 4) is 0 Å². The number of esters is 1. The third-order valence-corrected chi connectivity index (χ3v) is 7.25. The Morgan fingerprint density at radius 1 is 0.974 bits per heavy atom. The molecule has 0 radical (unpaired) electrons. The van der Waals surface area contributed by atoms with Crippen molar-refractivity contribution in [1.82, 2.24) is 5.01 Å². The van der Waals surface area contributed by atoms with Crippen molar-refractivity contribution in [1.29, 1.82) is 0 Å². The summed E-state index contributed by atoms with van der Waals surface area (Å²) in [5.74, 6) is -1.08. The molecule has 192 valence electrons. The van der Waals surface area contributed by atoms with E-state index < -0.39 is 18.5 Å². The number of hydrogen-bond donors (Lipinski definition) is 0. The van der Waals surface area contributed by atoms with Crippen molar-refractivity contribution in [3.05, 3.63) is 111 Å². The summed E-state index contributed by atoms with van der Waals surface area (Å²) < 4.78 is 5.33. The molecule has 0 spiro atoms. The van der Waals surface area contributed by atoms with Gasteiger partial charge in [0.05, 0.1) is 17.3 Å². The predicted molar refractivity (Wildman–Crippen MR) is 147 cm³/mol. The average Bonchev–Trinajstić information content (AvgIpc) is 3.33. The highest BCUT2D eigenvalue weighted by Gasteiger charge is 2.43. The molecule has 2 aliphatic rings. The number of nitrogens with zero attached hydrogens (tertiary/aromatic N) is 2. The van der Waals surface area contributed by atoms with E-state index in [9.17, 15) is 14.4 Å². The zero-order chi connectivity index (χ0) is 26.6. The van der Waals surface area contributed by atoms with Gasteiger partial charge in [-0.25, -0.2) is 9.80 Å². The Labute approximate surface area is 230 Å². The van der Waals surface area contributed by atoms with Crippen molar-refractivity contribution in [2.24, 2.45) is 11.0 Å². The number of fused-ring (bicyclic) bond motifs is 1. The maximum Gasteiger partial charge on any atom is 0.338 e. The molecule has 8 heteroatoms. The van der Waals surface area contributed by atoms with Gasteiger partial charge in [0.25, 0.3) is 5.91 Å². The molecule has 1 aliphatic heterocycles. The van der Waals surface area contributed by atoms with Gasteiger partial charge in [-0.05, 0) is 78.4 Å². The lowest BCUT2D eigenvalue weighted by Crippen LogP contribution is -2.34. The van der Waals surface area contributed by atoms with Crippen LogP contribution in [-0.4, -0.2) is 35.5 Å². The number of allylic oxidation sites excluding steroid dienone is 1. The summed E-state index contributed by atoms with van der Waals surface area (Å²) in [6.07, 6.45) is 5.42. The lowest BCUT2D eigenvalue weighted by atomic mass is 9.77. The third kappa shape index (κ3) is 5.57. The van der Waals surface area contributed by atoms with Crippen molar-refractivity contribution in [3.63, 3.8) is 0 Å². The summed E-state index contributed by atoms with van der Waals surface area (Å²) in [5, 5.41) is 7.50. The monoisotopic (exact) mass is 546 g/mol. The van der Waals surface area contributed by atoms with Gasteiger partial charge in [-0.15, -0.1) is 0 Å². The Hall–Kier alpha value is -3.74. The summed E-state index contributed by atoms with van der Waals surface area (Å²) in [4.78, 5) is 36.8. The number of amides is 1. The molecule has 0 saturated heterocycles. The first-order valence-corrected chi connectivity index (χ1v) is 13.0. The Morgan fingerprint density at radius 3 is 2.45 bits per heavy atom. The topological polar surface area (TPSA) is 76.0 Å². The second-order valence-electron chi connectivity index (χ2n) is 9.26. The Kier molecular flexibility index (Phi) is 7.72. The first-order chi connectivity index (χ1) is 18.4. The molecule has 1 aliphatic carbocycles. The van der Waals surface area contributed by atoms with E-state index in [0.717, 1.165) is 41.7 Å². The van der Waals surface area contributed by atoms with Crippen LogP contribution in [0.5, 0.6) is 0 Å². The van der Waals surface area contributed by atoms with Gasteiger partial charge in [0.2, 0.25) is 0 Å². The molecule has 3 aromatic carbocycles. The summed E-state index contributed by atoms with van der Waals surface area (Å²) >= 11 is 12.3. The van der Waals surface area contributed by atoms with Crippen LogP contribution in [0.15, 0.2) is 83.5 Å². The Bertz CT molecular complexity index is 1430. The van der Waals surface area contributed by atoms with E-state index in [4.69, 9.17) is 33.0 Å². The highest BCUT2D eigenvalue weighted by molar-refractivity contribution is 6.31. The molecular formula is C30H24Cl2N2O4. The fourth-order valence-electron chi connectivity index (χ4n) is 4.97. The molecular weight excluding hydrogens is 523 g/mol. The SMILES string of the molecule is O=Cc1ccc(C(=O)OCC(=O)N2N=C3C(=Cc4cccc(Cl)c4)CCCC3C2c2ccc(Cl)cc2)cc1. The second kappa shape index (κ2) is 11.3. The van der Waals surface area contributed by atoms with Gasteiger partial charge in [-0.2, -0.15) is 5.10 Å². The molecule has 38 heavy (non-hydrogen) atoms. The van der Waals surface area contributed by atoms with Crippen molar-refractivity contribution >= 4 is 53.2 Å². The predicted octanol–water partition coefficient (Wildman–Crippen LogP) is 6.79. The fraction of sp³-hybridized carbons (Fsp3) is 0.200. The fourth-order valence-corrected chi connectivity index (χ4v) is 5.30. The number of halogens is 2. The van der Waals surface area contributed by atoms with Crippen LogP contribution in [0.2, 0.25) is 10.0 Å². The molecule has 0 bridgehead atoms. The van der Waals surface area contributed by atoms with E-state index in [2.05, 4.69) is 6.08 Å². The van der Waals surface area contributed by atoms with Crippen LogP contribution in [0.3, 0.4) is 0 Å². The van der Waals surface area contributed by atoms with Crippen LogP contribution >= 0.6 is 23.2 Å². The van der Waals surface area contributed by atoms with E-state index in [0.29, 0.717) is 21.9 Å². The van der Waals surface area contributed by atoms with Gasteiger partial charge < -0.3 is 4.74 Å². The highest BCUT2D eigenvalue weighted by atomic mass is 35.5. The van der Waals surface area contributed by atoms with E-state index in [1.165, 1.54) is 29.3 Å². The van der Waals surface area contributed by atoms with Crippen LogP contribution in [0, 0.1) is 5.92 Å². The van der Waals surface area contributed by atoms with Crippen LogP contribution in [0.25, 0.3) is 6.08 Å². The standard InChI is InChI=1S/C30H24Cl2N2O4/c31-24-13-11-21(12-14-24)29-26-6-2-4-23(15-20-3-1-5-25(32)16-20)28(26)33-34(29)27(36)18-38-30(37)22-9-7-19(17-35)8-10-22/h1,3,5,7-17,26,29H,2,4,6,18H2. The first kappa shape index (κ1) is 25.9. The largest absolute Gasteiger partial charge is 0.452 e. The molecule has 1 fully saturated rings. The molecule has 6 nitrogen and oxygen atoms in total. The van der Waals surface area contributed by atoms with Crippen LogP contribution in [0.1, 0.15) is 57.1 Å². The van der Waals surface area contributed by atoms with Gasteiger partial charge in [-0.3, -0.25) is 9.59 Å². The minimum absolute atomic E-state index is 0.00843. The van der Waals surface area contributed by atoms with Gasteiger partial charge in [0.1, 0.15) is 6.29 Å². The molecule has 0 N–H and O–H groups in total. The minimum Gasteiger partial charge on any atom is -0.452 e. The van der Waals surface area contributed by atoms with Gasteiger partial charge in [-0.1, -0.05) is 59.6 Å². The Morgan fingerprint density at radius 2 is 1.74 bits per heavy atom. The lowest BCUT2D eigenvalue weighted by Gasteiger charge is -2.29. The smallest absolute Gasteiger partial charge is 0.338 e. The number of aldehydes is 1. The van der Waals surface area contributed by atoms with Crippen LogP contribution in [-0.2, 0) is 9.53 Å². The molecule has 2 unspecified atom stereocenters. The number of carbonyl (C=O) groups is 3. The Balaban J connectivity index is 1.42. The quantitative estimate of drug-likeness (QED) is 0.252. The molecule has 3 aromatic rings. The van der Waals surface area contributed by atoms with Crippen molar-refractivity contribution < 1.29 is 19.1 Å². The van der Waals surface area contributed by atoms with E-state index in [-0.39, 0.29) is 17.5 Å². The number of hydrazone groups is 1. The minimum atomic E-state index is -0.648. The van der Waals surface area contributed by atoms with Gasteiger partial charge in [0.15, 0.2) is 6.61 Å². The van der Waals surface area contributed by atoms with Crippen molar-refractivity contribution in [2.45, 2.75) is 25.3 Å². The van der Waals surface area contributed by atoms with Gasteiger partial charge >= 0.3 is 5.97 Å². The first-order valence-electron chi connectivity index (χ1n) is 12.3. The normalized spacial score (nSPS) is 19.6.